The number of hydrogen-bond acceptors (Lipinski definition) is 6. The van der Waals surface area contributed by atoms with Crippen LogP contribution in [0.3, 0.4) is 0 Å². The molecule has 1 saturated carbocycles. The molecule has 0 spiro atoms. The maximum Gasteiger partial charge on any atom is 0.228 e. The molecule has 5 rings (SSSR count). The quantitative estimate of drug-likeness (QED) is 0.560. The summed E-state index contributed by atoms with van der Waals surface area (Å²) in [7, 11) is 1.87. The highest BCUT2D eigenvalue weighted by atomic mass is 15.3. The van der Waals surface area contributed by atoms with Crippen molar-refractivity contribution in [1.82, 2.24) is 34.3 Å². The summed E-state index contributed by atoms with van der Waals surface area (Å²) in [6.45, 7) is 0. The molecule has 8 nitrogen and oxygen atoms in total. The zero-order chi connectivity index (χ0) is 19.6. The number of nitrogens with zero attached hydrogens (tertiary/aromatic N) is 7. The number of pyridine rings is 1. The van der Waals surface area contributed by atoms with Gasteiger partial charge < -0.3 is 5.32 Å². The SMILES string of the molecule is Cn1nccc1Nc1nccc(-c2ccn3c(CC4CCCCC4)nnc3c2)n1. The summed E-state index contributed by atoms with van der Waals surface area (Å²) in [6.07, 6.45) is 13.2. The van der Waals surface area contributed by atoms with Crippen LogP contribution in [0.1, 0.15) is 37.9 Å². The van der Waals surface area contributed by atoms with Crippen molar-refractivity contribution in [2.45, 2.75) is 38.5 Å². The lowest BCUT2D eigenvalue weighted by Gasteiger charge is -2.20. The predicted octanol–water partition coefficient (Wildman–Crippen LogP) is 3.79. The lowest BCUT2D eigenvalue weighted by molar-refractivity contribution is 0.351. The number of aromatic nitrogens is 7. The molecule has 1 aliphatic carbocycles. The Labute approximate surface area is 169 Å². The second kappa shape index (κ2) is 7.62. The molecule has 4 aromatic heterocycles. The van der Waals surface area contributed by atoms with E-state index in [9.17, 15) is 0 Å². The molecule has 4 heterocycles. The first kappa shape index (κ1) is 17.8. The van der Waals surface area contributed by atoms with E-state index in [1.165, 1.54) is 32.1 Å². The predicted molar refractivity (Wildman–Crippen MR) is 111 cm³/mol. The minimum Gasteiger partial charge on any atom is -0.309 e. The minimum atomic E-state index is 0.533. The molecule has 0 amide bonds. The van der Waals surface area contributed by atoms with Gasteiger partial charge in [0.05, 0.1) is 11.9 Å². The third kappa shape index (κ3) is 3.70. The maximum atomic E-state index is 4.65. The molecular formula is C21H24N8. The number of rotatable bonds is 5. The summed E-state index contributed by atoms with van der Waals surface area (Å²) in [5, 5.41) is 16.2. The number of nitrogens with one attached hydrogen (secondary N) is 1. The molecular weight excluding hydrogens is 364 g/mol. The van der Waals surface area contributed by atoms with E-state index in [1.807, 2.05) is 25.2 Å². The van der Waals surface area contributed by atoms with Gasteiger partial charge in [0.2, 0.25) is 5.95 Å². The van der Waals surface area contributed by atoms with Crippen molar-refractivity contribution >= 4 is 17.4 Å². The fourth-order valence-electron chi connectivity index (χ4n) is 4.08. The smallest absolute Gasteiger partial charge is 0.228 e. The van der Waals surface area contributed by atoms with Gasteiger partial charge in [0, 0.05) is 37.5 Å². The number of anilines is 2. The van der Waals surface area contributed by atoms with Crippen molar-refractivity contribution in [2.24, 2.45) is 13.0 Å². The average Bonchev–Trinajstić information content (AvgIpc) is 3.35. The lowest BCUT2D eigenvalue weighted by Crippen LogP contribution is -2.11. The van der Waals surface area contributed by atoms with Gasteiger partial charge in [0.25, 0.3) is 0 Å². The highest BCUT2D eigenvalue weighted by molar-refractivity contribution is 5.65. The Hall–Kier alpha value is -3.29. The van der Waals surface area contributed by atoms with E-state index in [0.29, 0.717) is 5.95 Å². The summed E-state index contributed by atoms with van der Waals surface area (Å²) in [5.41, 5.74) is 2.68. The molecule has 0 bridgehead atoms. The van der Waals surface area contributed by atoms with Gasteiger partial charge in [-0.15, -0.1) is 10.2 Å². The lowest BCUT2D eigenvalue weighted by atomic mass is 9.87. The van der Waals surface area contributed by atoms with Crippen LogP contribution >= 0.6 is 0 Å². The van der Waals surface area contributed by atoms with Gasteiger partial charge >= 0.3 is 0 Å². The van der Waals surface area contributed by atoms with Crippen molar-refractivity contribution in [3.8, 4) is 11.3 Å². The van der Waals surface area contributed by atoms with Gasteiger partial charge in [0.1, 0.15) is 11.6 Å². The molecule has 1 aliphatic rings. The molecule has 0 aliphatic heterocycles. The van der Waals surface area contributed by atoms with Crippen LogP contribution in [-0.4, -0.2) is 34.3 Å². The van der Waals surface area contributed by atoms with Crippen LogP contribution in [0.25, 0.3) is 16.9 Å². The van der Waals surface area contributed by atoms with E-state index in [1.54, 1.807) is 17.1 Å². The maximum absolute atomic E-state index is 4.65. The Kier molecular flexibility index (Phi) is 4.67. The summed E-state index contributed by atoms with van der Waals surface area (Å²) in [4.78, 5) is 8.96. The third-order valence-electron chi connectivity index (χ3n) is 5.69. The molecule has 0 unspecified atom stereocenters. The number of fused-ring (bicyclic) bond motifs is 1. The fraction of sp³-hybridized carbons (Fsp3) is 0.381. The monoisotopic (exact) mass is 388 g/mol. The summed E-state index contributed by atoms with van der Waals surface area (Å²) < 4.78 is 3.85. The van der Waals surface area contributed by atoms with Crippen LogP contribution in [-0.2, 0) is 13.5 Å². The number of aryl methyl sites for hydroxylation is 1. The molecule has 4 aromatic rings. The van der Waals surface area contributed by atoms with Crippen molar-refractivity contribution in [2.75, 3.05) is 5.32 Å². The number of hydrogen-bond donors (Lipinski definition) is 1. The van der Waals surface area contributed by atoms with Gasteiger partial charge in [-0.25, -0.2) is 9.97 Å². The molecule has 29 heavy (non-hydrogen) atoms. The van der Waals surface area contributed by atoms with E-state index >= 15 is 0 Å². The van der Waals surface area contributed by atoms with E-state index in [4.69, 9.17) is 0 Å². The largest absolute Gasteiger partial charge is 0.309 e. The zero-order valence-corrected chi connectivity index (χ0v) is 16.5. The average molecular weight is 388 g/mol. The van der Waals surface area contributed by atoms with E-state index in [0.717, 1.165) is 40.9 Å². The van der Waals surface area contributed by atoms with Crippen LogP contribution in [0.5, 0.6) is 0 Å². The van der Waals surface area contributed by atoms with Gasteiger partial charge in [-0.2, -0.15) is 5.10 Å². The van der Waals surface area contributed by atoms with Crippen LogP contribution in [0.2, 0.25) is 0 Å². The zero-order valence-electron chi connectivity index (χ0n) is 16.5. The van der Waals surface area contributed by atoms with E-state index in [-0.39, 0.29) is 0 Å². The summed E-state index contributed by atoms with van der Waals surface area (Å²) in [6, 6.07) is 7.89. The Morgan fingerprint density at radius 1 is 1.07 bits per heavy atom. The first-order valence-corrected chi connectivity index (χ1v) is 10.2. The minimum absolute atomic E-state index is 0.533. The molecule has 1 N–H and O–H groups in total. The normalized spacial score (nSPS) is 15.1. The molecule has 8 heteroatoms. The Morgan fingerprint density at radius 2 is 1.97 bits per heavy atom. The van der Waals surface area contributed by atoms with Crippen molar-refractivity contribution in [3.05, 3.63) is 48.7 Å². The molecule has 148 valence electrons. The third-order valence-corrected chi connectivity index (χ3v) is 5.69. The molecule has 0 saturated heterocycles. The van der Waals surface area contributed by atoms with Crippen LogP contribution in [0, 0.1) is 5.92 Å². The first-order chi connectivity index (χ1) is 14.3. The van der Waals surface area contributed by atoms with Gasteiger partial charge in [-0.3, -0.25) is 9.08 Å². The topological polar surface area (TPSA) is 85.8 Å². The van der Waals surface area contributed by atoms with Gasteiger partial charge in [0.15, 0.2) is 5.65 Å². The molecule has 0 atom stereocenters. The highest BCUT2D eigenvalue weighted by Crippen LogP contribution is 2.27. The summed E-state index contributed by atoms with van der Waals surface area (Å²) >= 11 is 0. The summed E-state index contributed by atoms with van der Waals surface area (Å²) in [5.74, 6) is 3.16. The van der Waals surface area contributed by atoms with Crippen molar-refractivity contribution in [1.29, 1.82) is 0 Å². The Bertz CT molecular complexity index is 1120. The van der Waals surface area contributed by atoms with Crippen LogP contribution < -0.4 is 5.32 Å². The van der Waals surface area contributed by atoms with Crippen LogP contribution in [0.4, 0.5) is 11.8 Å². The second-order valence-electron chi connectivity index (χ2n) is 7.70. The first-order valence-electron chi connectivity index (χ1n) is 10.2. The van der Waals surface area contributed by atoms with Crippen molar-refractivity contribution in [3.63, 3.8) is 0 Å². The van der Waals surface area contributed by atoms with Crippen LogP contribution in [0.15, 0.2) is 42.9 Å². The Morgan fingerprint density at radius 3 is 2.79 bits per heavy atom. The second-order valence-corrected chi connectivity index (χ2v) is 7.70. The molecule has 1 fully saturated rings. The highest BCUT2D eigenvalue weighted by Gasteiger charge is 2.17. The molecule has 0 radical (unpaired) electrons. The molecule has 0 aromatic carbocycles. The van der Waals surface area contributed by atoms with E-state index in [2.05, 4.69) is 47.2 Å². The standard InChI is InChI=1S/C21H24N8/c1-28-18(8-11-23-28)25-21-22-10-7-17(24-21)16-9-12-29-19(26-27-20(29)14-16)13-15-5-3-2-4-6-15/h7-12,14-15H,2-6,13H2,1H3,(H,22,24,25). The van der Waals surface area contributed by atoms with E-state index < -0.39 is 0 Å². The fourth-order valence-corrected chi connectivity index (χ4v) is 4.08. The van der Waals surface area contributed by atoms with Crippen molar-refractivity contribution < 1.29 is 0 Å². The van der Waals surface area contributed by atoms with Gasteiger partial charge in [-0.1, -0.05) is 32.1 Å². The van der Waals surface area contributed by atoms with Gasteiger partial charge in [-0.05, 0) is 24.1 Å². The Balaban J connectivity index is 1.39.